The third-order valence-electron chi connectivity index (χ3n) is 2.61. The second kappa shape index (κ2) is 4.11. The fourth-order valence-corrected chi connectivity index (χ4v) is 3.90. The SMILES string of the molecule is CC1(C)S[C@@H]2[C@H](Cl)C(=O)N2[C@H]1C(=O)O.[NaH]. The van der Waals surface area contributed by atoms with E-state index in [2.05, 4.69) is 0 Å². The number of nitrogens with zero attached hydrogens (tertiary/aromatic N) is 1. The van der Waals surface area contributed by atoms with Gasteiger partial charge in [-0.05, 0) is 13.8 Å². The molecule has 2 heterocycles. The zero-order valence-corrected chi connectivity index (χ0v) is 9.30. The molecule has 4 nitrogen and oxygen atoms in total. The van der Waals surface area contributed by atoms with Gasteiger partial charge in [0.2, 0.25) is 5.91 Å². The number of aliphatic carboxylic acids is 1. The number of hydrogen-bond donors (Lipinski definition) is 1. The van der Waals surface area contributed by atoms with Crippen LogP contribution < -0.4 is 0 Å². The molecule has 1 N–H and O–H groups in total. The predicted molar refractivity (Wildman–Crippen MR) is 60.5 cm³/mol. The molecule has 15 heavy (non-hydrogen) atoms. The van der Waals surface area contributed by atoms with Crippen molar-refractivity contribution in [3.05, 3.63) is 0 Å². The van der Waals surface area contributed by atoms with Crippen molar-refractivity contribution in [1.29, 1.82) is 0 Å². The monoisotopic (exact) mass is 259 g/mol. The number of rotatable bonds is 1. The summed E-state index contributed by atoms with van der Waals surface area (Å²) >= 11 is 7.25. The van der Waals surface area contributed by atoms with Crippen LogP contribution in [0.4, 0.5) is 0 Å². The van der Waals surface area contributed by atoms with Gasteiger partial charge in [-0.2, -0.15) is 0 Å². The van der Waals surface area contributed by atoms with Crippen molar-refractivity contribution in [3.63, 3.8) is 0 Å². The van der Waals surface area contributed by atoms with E-state index < -0.39 is 22.1 Å². The van der Waals surface area contributed by atoms with E-state index in [-0.39, 0.29) is 40.8 Å². The van der Waals surface area contributed by atoms with Crippen molar-refractivity contribution < 1.29 is 14.7 Å². The first-order valence-corrected chi connectivity index (χ1v) is 5.55. The number of β-lactam (4-membered cyclic amide) rings is 1. The summed E-state index contributed by atoms with van der Waals surface area (Å²) in [5.74, 6) is -1.22. The number of carbonyl (C=O) groups excluding carboxylic acids is 1. The van der Waals surface area contributed by atoms with Crippen LogP contribution in [0.25, 0.3) is 0 Å². The topological polar surface area (TPSA) is 57.6 Å². The van der Waals surface area contributed by atoms with Crippen molar-refractivity contribution in [2.75, 3.05) is 0 Å². The maximum absolute atomic E-state index is 11.4. The first-order valence-electron chi connectivity index (χ1n) is 4.23. The molecule has 1 amide bonds. The van der Waals surface area contributed by atoms with Crippen LogP contribution in [0.5, 0.6) is 0 Å². The first kappa shape index (κ1) is 13.6. The quantitative estimate of drug-likeness (QED) is 0.412. The summed E-state index contributed by atoms with van der Waals surface area (Å²) in [4.78, 5) is 23.8. The number of hydrogen-bond acceptors (Lipinski definition) is 3. The van der Waals surface area contributed by atoms with E-state index in [1.165, 1.54) is 16.7 Å². The molecule has 0 saturated carbocycles. The number of carboxylic acids is 1. The Morgan fingerprint density at radius 2 is 2.13 bits per heavy atom. The third-order valence-corrected chi connectivity index (χ3v) is 4.76. The molecule has 80 valence electrons. The molecule has 0 aliphatic carbocycles. The second-order valence-corrected chi connectivity index (χ2v) is 6.24. The third kappa shape index (κ3) is 1.82. The van der Waals surface area contributed by atoms with Crippen LogP contribution >= 0.6 is 23.4 Å². The Labute approximate surface area is 119 Å². The summed E-state index contributed by atoms with van der Waals surface area (Å²) in [6, 6.07) is -0.750. The Morgan fingerprint density at radius 1 is 1.60 bits per heavy atom. The summed E-state index contributed by atoms with van der Waals surface area (Å²) in [6.45, 7) is 3.65. The van der Waals surface area contributed by atoms with Gasteiger partial charge in [-0.15, -0.1) is 23.4 Å². The van der Waals surface area contributed by atoms with Crippen molar-refractivity contribution >= 4 is 64.8 Å². The maximum atomic E-state index is 11.4. The molecule has 0 spiro atoms. The van der Waals surface area contributed by atoms with Crippen molar-refractivity contribution in [2.24, 2.45) is 0 Å². The number of carboxylic acid groups (broad SMARTS) is 1. The van der Waals surface area contributed by atoms with Gasteiger partial charge in [0.25, 0.3) is 0 Å². The van der Waals surface area contributed by atoms with Crippen molar-refractivity contribution in [2.45, 2.75) is 35.4 Å². The number of carbonyl (C=O) groups is 2. The fourth-order valence-electron chi connectivity index (χ4n) is 1.97. The molecule has 2 fully saturated rings. The van der Waals surface area contributed by atoms with Gasteiger partial charge in [0.15, 0.2) is 0 Å². The number of alkyl halides is 1. The van der Waals surface area contributed by atoms with E-state index in [4.69, 9.17) is 16.7 Å². The predicted octanol–water partition coefficient (Wildman–Crippen LogP) is 0.0922. The van der Waals surface area contributed by atoms with Gasteiger partial charge in [0.05, 0.1) is 0 Å². The van der Waals surface area contributed by atoms with E-state index in [1.807, 2.05) is 13.8 Å². The Bertz CT molecular complexity index is 325. The Balaban J connectivity index is 0.00000112. The summed E-state index contributed by atoms with van der Waals surface area (Å²) in [5, 5.41) is 8.31. The van der Waals surface area contributed by atoms with Crippen LogP contribution in [0.1, 0.15) is 13.8 Å². The van der Waals surface area contributed by atoms with Crippen LogP contribution in [0, 0.1) is 0 Å². The molecule has 0 aromatic carbocycles. The number of amides is 1. The van der Waals surface area contributed by atoms with Gasteiger partial charge in [-0.25, -0.2) is 4.79 Å². The molecule has 7 heteroatoms. The molecule has 0 aromatic rings. The van der Waals surface area contributed by atoms with Gasteiger partial charge in [0, 0.05) is 4.75 Å². The van der Waals surface area contributed by atoms with Crippen LogP contribution in [0.3, 0.4) is 0 Å². The first-order chi connectivity index (χ1) is 6.36. The molecule has 0 bridgehead atoms. The Kier molecular flexibility index (Phi) is 3.74. The normalized spacial score (nSPS) is 36.6. The van der Waals surface area contributed by atoms with Gasteiger partial charge in [0.1, 0.15) is 16.8 Å². The Hall–Kier alpha value is 0.580. The molecular formula is C8H11ClNNaO3S. The molecule has 0 radical (unpaired) electrons. The summed E-state index contributed by atoms with van der Waals surface area (Å²) in [6.07, 6.45) is 0. The summed E-state index contributed by atoms with van der Waals surface area (Å²) < 4.78 is -0.462. The molecule has 2 aliphatic heterocycles. The van der Waals surface area contributed by atoms with Crippen molar-refractivity contribution in [3.8, 4) is 0 Å². The van der Waals surface area contributed by atoms with Gasteiger partial charge in [-0.1, -0.05) is 0 Å². The average Bonchev–Trinajstić information content (AvgIpc) is 2.34. The van der Waals surface area contributed by atoms with Crippen molar-refractivity contribution in [1.82, 2.24) is 4.90 Å². The molecule has 2 saturated heterocycles. The molecule has 3 atom stereocenters. The molecule has 0 aromatic heterocycles. The minimum atomic E-state index is -0.957. The average molecular weight is 260 g/mol. The number of halogens is 1. The second-order valence-electron chi connectivity index (χ2n) is 4.00. The molecule has 2 rings (SSSR count). The summed E-state index contributed by atoms with van der Waals surface area (Å²) in [5.41, 5.74) is 0. The molecular weight excluding hydrogens is 249 g/mol. The number of fused-ring (bicyclic) bond motifs is 1. The zero-order chi connectivity index (χ0) is 10.7. The van der Waals surface area contributed by atoms with E-state index in [9.17, 15) is 9.59 Å². The minimum absolute atomic E-state index is 0. The van der Waals surface area contributed by atoms with Crippen LogP contribution in [0.15, 0.2) is 0 Å². The van der Waals surface area contributed by atoms with Gasteiger partial charge in [-0.3, -0.25) is 4.79 Å². The molecule has 0 unspecified atom stereocenters. The standard InChI is InChI=1S/C8H10ClNO3S.Na.H/c1-8(2)4(7(12)13)10-5(11)3(9)6(10)14-8;;/h3-4,6H,1-2H3,(H,12,13);;/t3-,4+,6-;;/m1../s1. The zero-order valence-electron chi connectivity index (χ0n) is 7.73. The Morgan fingerprint density at radius 3 is 2.60 bits per heavy atom. The van der Waals surface area contributed by atoms with Crippen LogP contribution in [0.2, 0.25) is 0 Å². The van der Waals surface area contributed by atoms with Gasteiger partial charge < -0.3 is 10.0 Å². The number of thioether (sulfide) groups is 1. The van der Waals surface area contributed by atoms with E-state index in [0.29, 0.717) is 0 Å². The molecule has 2 aliphatic rings. The van der Waals surface area contributed by atoms with Gasteiger partial charge >= 0.3 is 35.5 Å². The van der Waals surface area contributed by atoms with E-state index in [0.717, 1.165) is 0 Å². The van der Waals surface area contributed by atoms with E-state index >= 15 is 0 Å². The summed E-state index contributed by atoms with van der Waals surface area (Å²) in [7, 11) is 0. The van der Waals surface area contributed by atoms with Crippen LogP contribution in [-0.2, 0) is 9.59 Å². The fraction of sp³-hybridized carbons (Fsp3) is 0.750. The van der Waals surface area contributed by atoms with E-state index in [1.54, 1.807) is 0 Å². The van der Waals surface area contributed by atoms with Crippen LogP contribution in [-0.4, -0.2) is 73.0 Å².